The van der Waals surface area contributed by atoms with Gasteiger partial charge in [-0.1, -0.05) is 11.6 Å². The molecule has 0 heterocycles. The van der Waals surface area contributed by atoms with Gasteiger partial charge in [-0.2, -0.15) is 5.26 Å². The lowest BCUT2D eigenvalue weighted by atomic mass is 9.87. The Morgan fingerprint density at radius 1 is 1.29 bits per heavy atom. The first-order chi connectivity index (χ1) is 7.97. The third-order valence-electron chi connectivity index (χ3n) is 2.94. The lowest BCUT2D eigenvalue weighted by molar-refractivity contribution is 0.407. The van der Waals surface area contributed by atoms with Crippen LogP contribution in [0.15, 0.2) is 23.9 Å². The highest BCUT2D eigenvalue weighted by Gasteiger charge is 2.19. The van der Waals surface area contributed by atoms with E-state index in [9.17, 15) is 5.26 Å². The second kappa shape index (κ2) is 7.95. The van der Waals surface area contributed by atoms with Gasteiger partial charge in [0.2, 0.25) is 0 Å². The van der Waals surface area contributed by atoms with Crippen LogP contribution in [0.4, 0.5) is 0 Å². The van der Waals surface area contributed by atoms with Crippen LogP contribution in [0.3, 0.4) is 0 Å². The second-order valence-electron chi connectivity index (χ2n) is 4.89. The molecule has 0 saturated carbocycles. The van der Waals surface area contributed by atoms with Crippen LogP contribution in [0.2, 0.25) is 0 Å². The fourth-order valence-corrected chi connectivity index (χ4v) is 1.54. The van der Waals surface area contributed by atoms with Crippen LogP contribution in [-0.4, -0.2) is 18.0 Å². The highest BCUT2D eigenvalue weighted by atomic mass is 15.1. The number of hydrogen-bond acceptors (Lipinski definition) is 2. The Kier molecular flexibility index (Phi) is 7.37. The minimum Gasteiger partial charge on any atom is -0.378 e. The average Bonchev–Trinajstić information content (AvgIpc) is 2.30. The summed E-state index contributed by atoms with van der Waals surface area (Å²) in [5, 5.41) is 9.27. The first kappa shape index (κ1) is 15.8. The maximum atomic E-state index is 9.27. The normalized spacial score (nSPS) is 14.1. The van der Waals surface area contributed by atoms with Crippen LogP contribution in [0, 0.1) is 16.7 Å². The summed E-state index contributed by atoms with van der Waals surface area (Å²) in [6.07, 6.45) is 8.15. The molecule has 0 fully saturated rings. The molecule has 17 heavy (non-hydrogen) atoms. The number of rotatable bonds is 7. The van der Waals surface area contributed by atoms with Crippen molar-refractivity contribution in [2.45, 2.75) is 47.5 Å². The Hall–Kier alpha value is -1.23. The third-order valence-corrected chi connectivity index (χ3v) is 2.94. The van der Waals surface area contributed by atoms with E-state index in [0.717, 1.165) is 25.9 Å². The molecule has 0 aromatic rings. The molecule has 0 amide bonds. The number of nitriles is 1. The van der Waals surface area contributed by atoms with Crippen molar-refractivity contribution in [3.05, 3.63) is 23.9 Å². The van der Waals surface area contributed by atoms with E-state index in [2.05, 4.69) is 50.9 Å². The van der Waals surface area contributed by atoms with Crippen LogP contribution < -0.4 is 0 Å². The Morgan fingerprint density at radius 2 is 1.88 bits per heavy atom. The van der Waals surface area contributed by atoms with Crippen LogP contribution in [0.1, 0.15) is 47.5 Å². The van der Waals surface area contributed by atoms with E-state index < -0.39 is 0 Å². The lowest BCUT2D eigenvalue weighted by Crippen LogP contribution is -2.18. The molecule has 0 aliphatic rings. The molecule has 0 radical (unpaired) electrons. The molecular weight excluding hydrogens is 208 g/mol. The molecule has 0 rings (SSSR count). The van der Waals surface area contributed by atoms with Crippen molar-refractivity contribution >= 4 is 0 Å². The van der Waals surface area contributed by atoms with Crippen molar-refractivity contribution < 1.29 is 0 Å². The molecule has 0 aromatic carbocycles. The molecule has 96 valence electrons. The van der Waals surface area contributed by atoms with Gasteiger partial charge in [-0.3, -0.25) is 0 Å². The Balaban J connectivity index is 4.47. The summed E-state index contributed by atoms with van der Waals surface area (Å²) in [5.74, 6) is 0. The van der Waals surface area contributed by atoms with E-state index in [1.165, 1.54) is 5.57 Å². The van der Waals surface area contributed by atoms with E-state index >= 15 is 0 Å². The molecule has 0 saturated heterocycles. The average molecular weight is 234 g/mol. The lowest BCUT2D eigenvalue weighted by Gasteiger charge is -2.20. The Labute approximate surface area is 107 Å². The zero-order valence-electron chi connectivity index (χ0n) is 12.0. The third kappa shape index (κ3) is 6.84. The number of allylic oxidation sites excluding steroid dienone is 3. The van der Waals surface area contributed by atoms with Crippen molar-refractivity contribution in [2.24, 2.45) is 5.41 Å². The minimum atomic E-state index is -0.353. The largest absolute Gasteiger partial charge is 0.378 e. The first-order valence-electron chi connectivity index (χ1n) is 6.45. The summed E-state index contributed by atoms with van der Waals surface area (Å²) in [5.41, 5.74) is 0.965. The van der Waals surface area contributed by atoms with Gasteiger partial charge in [0.05, 0.1) is 11.5 Å². The van der Waals surface area contributed by atoms with Crippen LogP contribution in [0.25, 0.3) is 0 Å². The van der Waals surface area contributed by atoms with E-state index in [1.807, 2.05) is 13.0 Å². The van der Waals surface area contributed by atoms with Gasteiger partial charge in [-0.05, 0) is 59.7 Å². The van der Waals surface area contributed by atoms with Crippen molar-refractivity contribution in [2.75, 3.05) is 13.1 Å². The fourth-order valence-electron chi connectivity index (χ4n) is 1.54. The summed E-state index contributed by atoms with van der Waals surface area (Å²) in [7, 11) is 0. The molecule has 0 aliphatic heterocycles. The number of hydrogen-bond donors (Lipinski definition) is 0. The molecule has 0 aromatic heterocycles. The first-order valence-corrected chi connectivity index (χ1v) is 6.45. The van der Waals surface area contributed by atoms with Crippen LogP contribution in [0.5, 0.6) is 0 Å². The molecular formula is C15H26N2. The van der Waals surface area contributed by atoms with Crippen molar-refractivity contribution in [1.82, 2.24) is 4.90 Å². The SMILES string of the molecule is CCN(C=CC(C)(C#N)CCC=C(C)C)CC. The van der Waals surface area contributed by atoms with Crippen molar-refractivity contribution in [3.8, 4) is 6.07 Å². The van der Waals surface area contributed by atoms with E-state index in [1.54, 1.807) is 0 Å². The van der Waals surface area contributed by atoms with Gasteiger partial charge >= 0.3 is 0 Å². The summed E-state index contributed by atoms with van der Waals surface area (Å²) in [6.45, 7) is 12.4. The molecule has 0 bridgehead atoms. The molecule has 0 N–H and O–H groups in total. The Bertz CT molecular complexity index is 301. The topological polar surface area (TPSA) is 27.0 Å². The highest BCUT2D eigenvalue weighted by Crippen LogP contribution is 2.24. The molecule has 2 nitrogen and oxygen atoms in total. The molecule has 1 unspecified atom stereocenters. The predicted molar refractivity (Wildman–Crippen MR) is 74.4 cm³/mol. The van der Waals surface area contributed by atoms with Gasteiger partial charge in [0.15, 0.2) is 0 Å². The quantitative estimate of drug-likeness (QED) is 0.620. The van der Waals surface area contributed by atoms with Gasteiger partial charge in [0.25, 0.3) is 0 Å². The van der Waals surface area contributed by atoms with Gasteiger partial charge in [0, 0.05) is 13.1 Å². The van der Waals surface area contributed by atoms with Crippen LogP contribution >= 0.6 is 0 Å². The molecule has 0 aliphatic carbocycles. The monoisotopic (exact) mass is 234 g/mol. The summed E-state index contributed by atoms with van der Waals surface area (Å²) < 4.78 is 0. The predicted octanol–water partition coefficient (Wildman–Crippen LogP) is 4.12. The van der Waals surface area contributed by atoms with Gasteiger partial charge in [-0.15, -0.1) is 0 Å². The zero-order chi connectivity index (χ0) is 13.3. The van der Waals surface area contributed by atoms with Gasteiger partial charge in [-0.25, -0.2) is 0 Å². The highest BCUT2D eigenvalue weighted by molar-refractivity contribution is 5.11. The maximum absolute atomic E-state index is 9.27. The zero-order valence-corrected chi connectivity index (χ0v) is 12.0. The number of nitrogens with zero attached hydrogens (tertiary/aromatic N) is 2. The second-order valence-corrected chi connectivity index (χ2v) is 4.89. The molecule has 2 heteroatoms. The van der Waals surface area contributed by atoms with Crippen molar-refractivity contribution in [3.63, 3.8) is 0 Å². The smallest absolute Gasteiger partial charge is 0.0745 e. The molecule has 0 spiro atoms. The Morgan fingerprint density at radius 3 is 2.29 bits per heavy atom. The standard InChI is InChI=1S/C15H26N2/c1-6-17(7-2)12-11-15(5,13-16)10-8-9-14(3)4/h9,11-12H,6-8,10H2,1-5H3. The minimum absolute atomic E-state index is 0.353. The van der Waals surface area contributed by atoms with Gasteiger partial charge in [0.1, 0.15) is 0 Å². The van der Waals surface area contributed by atoms with E-state index in [4.69, 9.17) is 0 Å². The van der Waals surface area contributed by atoms with E-state index in [-0.39, 0.29) is 5.41 Å². The summed E-state index contributed by atoms with van der Waals surface area (Å²) in [6, 6.07) is 2.41. The summed E-state index contributed by atoms with van der Waals surface area (Å²) >= 11 is 0. The van der Waals surface area contributed by atoms with Gasteiger partial charge < -0.3 is 4.90 Å². The van der Waals surface area contributed by atoms with Crippen molar-refractivity contribution in [1.29, 1.82) is 5.26 Å². The maximum Gasteiger partial charge on any atom is 0.0745 e. The molecule has 1 atom stereocenters. The van der Waals surface area contributed by atoms with E-state index in [0.29, 0.717) is 0 Å². The summed E-state index contributed by atoms with van der Waals surface area (Å²) in [4.78, 5) is 2.20. The van der Waals surface area contributed by atoms with Crippen LogP contribution in [-0.2, 0) is 0 Å². The fraction of sp³-hybridized carbons (Fsp3) is 0.667.